The van der Waals surface area contributed by atoms with Crippen LogP contribution >= 0.6 is 11.6 Å². The van der Waals surface area contributed by atoms with E-state index in [9.17, 15) is 14.7 Å². The van der Waals surface area contributed by atoms with Crippen molar-refractivity contribution in [1.82, 2.24) is 19.1 Å². The van der Waals surface area contributed by atoms with Crippen LogP contribution in [0.1, 0.15) is 18.3 Å². The molecule has 8 heteroatoms. The molecule has 0 radical (unpaired) electrons. The first-order valence-corrected chi connectivity index (χ1v) is 7.50. The van der Waals surface area contributed by atoms with Gasteiger partial charge in [-0.05, 0) is 24.6 Å². The third-order valence-electron chi connectivity index (χ3n) is 3.68. The number of nitrogens with one attached hydrogen (secondary N) is 1. The molecule has 2 N–H and O–H groups in total. The third kappa shape index (κ3) is 2.69. The molecule has 3 rings (SSSR count). The van der Waals surface area contributed by atoms with Crippen LogP contribution in [0.5, 0.6) is 0 Å². The number of fused-ring (bicyclic) bond motifs is 1. The summed E-state index contributed by atoms with van der Waals surface area (Å²) in [6.07, 6.45) is 0. The number of hydrogen-bond donors (Lipinski definition) is 2. The number of hydrogen-bond acceptors (Lipinski definition) is 4. The van der Waals surface area contributed by atoms with Gasteiger partial charge in [0.1, 0.15) is 12.4 Å². The summed E-state index contributed by atoms with van der Waals surface area (Å²) in [6, 6.07) is 7.06. The Bertz CT molecular complexity index is 969. The standard InChI is InChI=1S/C15H15ClN4O3/c1-2-19-11(8-21)17-13-12(19)14(22)18-15(23)20(13)7-9-3-5-10(16)6-4-9/h3-6,21H,2,7-8H2,1H3,(H,18,22,23). The summed E-state index contributed by atoms with van der Waals surface area (Å²) in [4.78, 5) is 30.9. The van der Waals surface area contributed by atoms with Crippen molar-refractivity contribution >= 4 is 22.8 Å². The second-order valence-electron chi connectivity index (χ2n) is 5.07. The Morgan fingerprint density at radius 3 is 2.52 bits per heavy atom. The van der Waals surface area contributed by atoms with Crippen molar-refractivity contribution in [3.8, 4) is 0 Å². The fourth-order valence-electron chi connectivity index (χ4n) is 2.60. The molecule has 120 valence electrons. The number of aliphatic hydroxyl groups is 1. The summed E-state index contributed by atoms with van der Waals surface area (Å²) >= 11 is 5.86. The van der Waals surface area contributed by atoms with Crippen molar-refractivity contribution in [2.75, 3.05) is 0 Å². The molecule has 0 fully saturated rings. The summed E-state index contributed by atoms with van der Waals surface area (Å²) in [5.41, 5.74) is 0.347. The fraction of sp³-hybridized carbons (Fsp3) is 0.267. The Kier molecular flexibility index (Phi) is 4.06. The fourth-order valence-corrected chi connectivity index (χ4v) is 2.72. The number of aryl methyl sites for hydroxylation is 1. The molecule has 2 aromatic heterocycles. The number of H-pyrrole nitrogens is 1. The summed E-state index contributed by atoms with van der Waals surface area (Å²) in [6.45, 7) is 2.24. The molecular weight excluding hydrogens is 320 g/mol. The quantitative estimate of drug-likeness (QED) is 0.747. The van der Waals surface area contributed by atoms with Crippen molar-refractivity contribution in [3.05, 3.63) is 61.5 Å². The van der Waals surface area contributed by atoms with Crippen LogP contribution in [0.2, 0.25) is 5.02 Å². The van der Waals surface area contributed by atoms with Crippen molar-refractivity contribution in [2.45, 2.75) is 26.6 Å². The molecule has 0 saturated heterocycles. The van der Waals surface area contributed by atoms with Gasteiger partial charge >= 0.3 is 5.69 Å². The number of nitrogens with zero attached hydrogens (tertiary/aromatic N) is 3. The Labute approximate surface area is 135 Å². The van der Waals surface area contributed by atoms with Gasteiger partial charge in [0.2, 0.25) is 0 Å². The van der Waals surface area contributed by atoms with E-state index < -0.39 is 11.2 Å². The average Bonchev–Trinajstić information content (AvgIpc) is 2.92. The van der Waals surface area contributed by atoms with Crippen LogP contribution in [0.4, 0.5) is 0 Å². The van der Waals surface area contributed by atoms with Crippen LogP contribution in [0.15, 0.2) is 33.9 Å². The van der Waals surface area contributed by atoms with E-state index in [1.807, 2.05) is 6.92 Å². The van der Waals surface area contributed by atoms with Gasteiger partial charge < -0.3 is 9.67 Å². The van der Waals surface area contributed by atoms with Crippen molar-refractivity contribution < 1.29 is 5.11 Å². The Morgan fingerprint density at radius 1 is 1.22 bits per heavy atom. The van der Waals surface area contributed by atoms with Crippen molar-refractivity contribution in [2.24, 2.45) is 0 Å². The molecular formula is C15H15ClN4O3. The second-order valence-corrected chi connectivity index (χ2v) is 5.51. The number of halogens is 1. The third-order valence-corrected chi connectivity index (χ3v) is 3.93. The molecule has 1 aromatic carbocycles. The van der Waals surface area contributed by atoms with Gasteiger partial charge in [-0.1, -0.05) is 23.7 Å². The van der Waals surface area contributed by atoms with E-state index in [4.69, 9.17) is 11.6 Å². The van der Waals surface area contributed by atoms with E-state index in [0.717, 1.165) is 5.56 Å². The molecule has 23 heavy (non-hydrogen) atoms. The molecule has 0 unspecified atom stereocenters. The zero-order valence-corrected chi connectivity index (χ0v) is 13.2. The van der Waals surface area contributed by atoms with Crippen LogP contribution in [0.25, 0.3) is 11.2 Å². The predicted molar refractivity (Wildman–Crippen MR) is 86.8 cm³/mol. The van der Waals surface area contributed by atoms with Gasteiger partial charge in [0, 0.05) is 11.6 Å². The highest BCUT2D eigenvalue weighted by molar-refractivity contribution is 6.30. The zero-order valence-electron chi connectivity index (χ0n) is 12.4. The maximum Gasteiger partial charge on any atom is 0.330 e. The number of aliphatic hydroxyl groups excluding tert-OH is 1. The number of aromatic amines is 1. The topological polar surface area (TPSA) is 92.9 Å². The lowest BCUT2D eigenvalue weighted by molar-refractivity contribution is 0.266. The van der Waals surface area contributed by atoms with Crippen LogP contribution < -0.4 is 11.2 Å². The first-order chi connectivity index (χ1) is 11.0. The average molecular weight is 335 g/mol. The van der Waals surface area contributed by atoms with Gasteiger partial charge in [0.15, 0.2) is 11.2 Å². The molecule has 0 spiro atoms. The maximum atomic E-state index is 12.2. The van der Waals surface area contributed by atoms with E-state index in [-0.39, 0.29) is 24.3 Å². The van der Waals surface area contributed by atoms with Gasteiger partial charge in [0.05, 0.1) is 6.54 Å². The van der Waals surface area contributed by atoms with Crippen LogP contribution in [-0.4, -0.2) is 24.2 Å². The molecule has 0 amide bonds. The molecule has 0 saturated carbocycles. The summed E-state index contributed by atoms with van der Waals surface area (Å²) < 4.78 is 2.98. The van der Waals surface area contributed by atoms with E-state index in [0.29, 0.717) is 17.4 Å². The molecule has 0 aliphatic heterocycles. The Morgan fingerprint density at radius 2 is 1.91 bits per heavy atom. The predicted octanol–water partition coefficient (Wildman–Crippen LogP) is 1.10. The van der Waals surface area contributed by atoms with Crippen LogP contribution in [0.3, 0.4) is 0 Å². The Balaban J connectivity index is 2.24. The summed E-state index contributed by atoms with van der Waals surface area (Å²) in [5.74, 6) is 0.350. The summed E-state index contributed by atoms with van der Waals surface area (Å²) in [5, 5.41) is 10.0. The SMILES string of the molecule is CCn1c(CO)nc2c1c(=O)[nH]c(=O)n2Cc1ccc(Cl)cc1. The minimum Gasteiger partial charge on any atom is -0.388 e. The molecule has 0 aliphatic carbocycles. The first-order valence-electron chi connectivity index (χ1n) is 7.12. The number of benzene rings is 1. The molecule has 3 aromatic rings. The van der Waals surface area contributed by atoms with Crippen LogP contribution in [-0.2, 0) is 19.7 Å². The normalized spacial score (nSPS) is 11.3. The smallest absolute Gasteiger partial charge is 0.330 e. The first kappa shape index (κ1) is 15.5. The molecule has 0 atom stereocenters. The van der Waals surface area contributed by atoms with E-state index in [2.05, 4.69) is 9.97 Å². The Hall–Kier alpha value is -2.38. The molecule has 2 heterocycles. The van der Waals surface area contributed by atoms with Gasteiger partial charge in [-0.2, -0.15) is 0 Å². The van der Waals surface area contributed by atoms with Gasteiger partial charge in [0.25, 0.3) is 5.56 Å². The molecule has 0 aliphatic rings. The zero-order chi connectivity index (χ0) is 16.6. The van der Waals surface area contributed by atoms with Gasteiger partial charge in [-0.25, -0.2) is 9.78 Å². The molecule has 7 nitrogen and oxygen atoms in total. The van der Waals surface area contributed by atoms with Crippen molar-refractivity contribution in [3.63, 3.8) is 0 Å². The number of aromatic nitrogens is 4. The lowest BCUT2D eigenvalue weighted by atomic mass is 10.2. The van der Waals surface area contributed by atoms with E-state index in [1.165, 1.54) is 4.57 Å². The van der Waals surface area contributed by atoms with Gasteiger partial charge in [-0.3, -0.25) is 14.3 Å². The van der Waals surface area contributed by atoms with Gasteiger partial charge in [-0.15, -0.1) is 0 Å². The van der Waals surface area contributed by atoms with E-state index in [1.54, 1.807) is 28.8 Å². The highest BCUT2D eigenvalue weighted by atomic mass is 35.5. The van der Waals surface area contributed by atoms with E-state index >= 15 is 0 Å². The summed E-state index contributed by atoms with van der Waals surface area (Å²) in [7, 11) is 0. The minimum absolute atomic E-state index is 0.245. The second kappa shape index (κ2) is 6.02. The lowest BCUT2D eigenvalue weighted by Gasteiger charge is -2.07. The maximum absolute atomic E-state index is 12.2. The van der Waals surface area contributed by atoms with Crippen LogP contribution in [0, 0.1) is 0 Å². The highest BCUT2D eigenvalue weighted by Crippen LogP contribution is 2.14. The highest BCUT2D eigenvalue weighted by Gasteiger charge is 2.17. The molecule has 0 bridgehead atoms. The number of rotatable bonds is 4. The van der Waals surface area contributed by atoms with Crippen molar-refractivity contribution in [1.29, 1.82) is 0 Å². The minimum atomic E-state index is -0.539. The lowest BCUT2D eigenvalue weighted by Crippen LogP contribution is -2.31. The number of imidazole rings is 1. The largest absolute Gasteiger partial charge is 0.388 e. The monoisotopic (exact) mass is 334 g/mol.